The summed E-state index contributed by atoms with van der Waals surface area (Å²) in [6, 6.07) is 19.1. The predicted octanol–water partition coefficient (Wildman–Crippen LogP) is 4.20. The zero-order valence-corrected chi connectivity index (χ0v) is 17.1. The minimum Gasteiger partial charge on any atom is -0.325 e. The molecule has 0 bridgehead atoms. The van der Waals surface area contributed by atoms with Crippen molar-refractivity contribution < 1.29 is 9.59 Å². The maximum Gasteiger partial charge on any atom is 0.238 e. The molecule has 1 saturated heterocycles. The number of carbonyl (C=O) groups excluding carboxylic acids is 2. The molecule has 2 aromatic carbocycles. The highest BCUT2D eigenvalue weighted by atomic mass is 32.2. The third kappa shape index (κ3) is 6.29. The highest BCUT2D eigenvalue weighted by Crippen LogP contribution is 2.23. The van der Waals surface area contributed by atoms with Gasteiger partial charge in [-0.25, -0.2) is 0 Å². The van der Waals surface area contributed by atoms with Crippen molar-refractivity contribution in [2.24, 2.45) is 10.2 Å². The molecule has 1 aliphatic rings. The van der Waals surface area contributed by atoms with Crippen LogP contribution in [0.4, 0.5) is 5.69 Å². The van der Waals surface area contributed by atoms with Crippen molar-refractivity contribution in [1.82, 2.24) is 5.32 Å². The van der Waals surface area contributed by atoms with E-state index in [1.54, 1.807) is 0 Å². The van der Waals surface area contributed by atoms with Gasteiger partial charge in [0.15, 0.2) is 5.17 Å². The van der Waals surface area contributed by atoms with E-state index in [2.05, 4.69) is 27.8 Å². The van der Waals surface area contributed by atoms with Crippen LogP contribution in [0.1, 0.15) is 38.2 Å². The van der Waals surface area contributed by atoms with Crippen molar-refractivity contribution in [3.05, 3.63) is 66.2 Å². The van der Waals surface area contributed by atoms with E-state index in [1.807, 2.05) is 60.7 Å². The Morgan fingerprint density at radius 2 is 1.83 bits per heavy atom. The standard InChI is InChI=1S/C22H24N4O2S/c1-2-3-14-18(16-10-6-4-7-11-16)25-26-22-24-20(27)15-19(29-22)21(28)23-17-12-8-5-9-13-17/h4-13,19H,2-3,14-15H2,1H3,(H,23,28)(H,24,26,27)/b25-18+/t19-/m1/s1. The number of amidine groups is 1. The summed E-state index contributed by atoms with van der Waals surface area (Å²) in [6.45, 7) is 2.13. The molecule has 7 heteroatoms. The van der Waals surface area contributed by atoms with Crippen LogP contribution in [-0.2, 0) is 9.59 Å². The molecule has 0 unspecified atom stereocenters. The first-order chi connectivity index (χ1) is 14.2. The largest absolute Gasteiger partial charge is 0.325 e. The number of benzene rings is 2. The Hall–Kier alpha value is -2.93. The summed E-state index contributed by atoms with van der Waals surface area (Å²) in [5.74, 6) is -0.456. The van der Waals surface area contributed by atoms with Crippen LogP contribution in [0.5, 0.6) is 0 Å². The summed E-state index contributed by atoms with van der Waals surface area (Å²) in [7, 11) is 0. The summed E-state index contributed by atoms with van der Waals surface area (Å²) >= 11 is 1.22. The maximum atomic E-state index is 12.6. The predicted molar refractivity (Wildman–Crippen MR) is 119 cm³/mol. The van der Waals surface area contributed by atoms with E-state index in [0.29, 0.717) is 10.9 Å². The van der Waals surface area contributed by atoms with Gasteiger partial charge in [-0.15, -0.1) is 5.10 Å². The summed E-state index contributed by atoms with van der Waals surface area (Å²) in [5.41, 5.74) is 2.58. The van der Waals surface area contributed by atoms with Crippen LogP contribution in [0.3, 0.4) is 0 Å². The van der Waals surface area contributed by atoms with Crippen LogP contribution in [-0.4, -0.2) is 27.9 Å². The molecule has 3 rings (SSSR count). The minimum absolute atomic E-state index is 0.105. The number of thioether (sulfide) groups is 1. The number of nitrogens with zero attached hydrogens (tertiary/aromatic N) is 2. The molecule has 2 aromatic rings. The van der Waals surface area contributed by atoms with Gasteiger partial charge >= 0.3 is 0 Å². The minimum atomic E-state index is -0.547. The fourth-order valence-corrected chi connectivity index (χ4v) is 3.75. The van der Waals surface area contributed by atoms with Gasteiger partial charge in [0.1, 0.15) is 5.25 Å². The van der Waals surface area contributed by atoms with Crippen molar-refractivity contribution in [2.45, 2.75) is 37.9 Å². The fraction of sp³-hybridized carbons (Fsp3) is 0.273. The third-order valence-electron chi connectivity index (χ3n) is 4.34. The average Bonchev–Trinajstić information content (AvgIpc) is 2.75. The van der Waals surface area contributed by atoms with Gasteiger partial charge in [-0.05, 0) is 30.5 Å². The Morgan fingerprint density at radius 1 is 1.14 bits per heavy atom. The van der Waals surface area contributed by atoms with Gasteiger partial charge in [0.2, 0.25) is 11.8 Å². The molecule has 2 amide bonds. The second-order valence-electron chi connectivity index (χ2n) is 6.64. The highest BCUT2D eigenvalue weighted by Gasteiger charge is 2.30. The van der Waals surface area contributed by atoms with Crippen molar-refractivity contribution in [2.75, 3.05) is 5.32 Å². The number of amides is 2. The molecular weight excluding hydrogens is 384 g/mol. The zero-order valence-electron chi connectivity index (χ0n) is 16.3. The van der Waals surface area contributed by atoms with Crippen molar-refractivity contribution in [3.63, 3.8) is 0 Å². The van der Waals surface area contributed by atoms with E-state index < -0.39 is 5.25 Å². The van der Waals surface area contributed by atoms with Gasteiger partial charge in [-0.1, -0.05) is 73.6 Å². The number of hydrogen-bond donors (Lipinski definition) is 2. The lowest BCUT2D eigenvalue weighted by molar-refractivity contribution is -0.123. The van der Waals surface area contributed by atoms with Gasteiger partial charge in [0, 0.05) is 12.1 Å². The van der Waals surface area contributed by atoms with Gasteiger partial charge in [-0.2, -0.15) is 5.10 Å². The molecule has 1 atom stereocenters. The molecule has 0 aromatic heterocycles. The average molecular weight is 409 g/mol. The molecule has 6 nitrogen and oxygen atoms in total. The number of para-hydroxylation sites is 1. The number of carbonyl (C=O) groups is 2. The van der Waals surface area contributed by atoms with E-state index in [-0.39, 0.29) is 18.2 Å². The van der Waals surface area contributed by atoms with E-state index in [1.165, 1.54) is 11.8 Å². The number of hydrogen-bond acceptors (Lipinski definition) is 5. The van der Waals surface area contributed by atoms with Gasteiger partial charge in [0.25, 0.3) is 0 Å². The Morgan fingerprint density at radius 3 is 2.52 bits per heavy atom. The molecule has 0 saturated carbocycles. The summed E-state index contributed by atoms with van der Waals surface area (Å²) in [4.78, 5) is 24.7. The second kappa shape index (κ2) is 10.6. The summed E-state index contributed by atoms with van der Waals surface area (Å²) in [6.07, 6.45) is 2.96. The van der Waals surface area contributed by atoms with Crippen molar-refractivity contribution >= 4 is 40.1 Å². The van der Waals surface area contributed by atoms with E-state index >= 15 is 0 Å². The maximum absolute atomic E-state index is 12.6. The number of rotatable bonds is 7. The molecule has 0 aliphatic carbocycles. The summed E-state index contributed by atoms with van der Waals surface area (Å²) < 4.78 is 0. The van der Waals surface area contributed by atoms with Crippen LogP contribution in [0.25, 0.3) is 0 Å². The first-order valence-electron chi connectivity index (χ1n) is 9.68. The number of anilines is 1. The summed E-state index contributed by atoms with van der Waals surface area (Å²) in [5, 5.41) is 14.0. The lowest BCUT2D eigenvalue weighted by atomic mass is 10.1. The molecule has 2 N–H and O–H groups in total. The molecule has 0 spiro atoms. The SMILES string of the molecule is CCCC/C(=N\N=C1/NC(=O)C[C@H](C(=O)Nc2ccccc2)S1)c1ccccc1. The zero-order chi connectivity index (χ0) is 20.5. The Kier molecular flexibility index (Phi) is 7.58. The quantitative estimate of drug-likeness (QED) is 0.532. The van der Waals surface area contributed by atoms with Gasteiger partial charge in [-0.3, -0.25) is 9.59 Å². The van der Waals surface area contributed by atoms with Crippen LogP contribution < -0.4 is 10.6 Å². The van der Waals surface area contributed by atoms with Crippen molar-refractivity contribution in [3.8, 4) is 0 Å². The van der Waals surface area contributed by atoms with Crippen LogP contribution in [0, 0.1) is 0 Å². The Balaban J connectivity index is 1.74. The lowest BCUT2D eigenvalue weighted by Crippen LogP contribution is -2.41. The Bertz CT molecular complexity index is 898. The molecule has 1 fully saturated rings. The van der Waals surface area contributed by atoms with Crippen LogP contribution in [0.15, 0.2) is 70.9 Å². The van der Waals surface area contributed by atoms with Crippen LogP contribution >= 0.6 is 11.8 Å². The molecular formula is C22H24N4O2S. The third-order valence-corrected chi connectivity index (χ3v) is 5.41. The normalized spacial score (nSPS) is 18.4. The molecule has 150 valence electrons. The second-order valence-corrected chi connectivity index (χ2v) is 7.83. The molecule has 1 aliphatic heterocycles. The first-order valence-corrected chi connectivity index (χ1v) is 10.6. The van der Waals surface area contributed by atoms with Crippen molar-refractivity contribution in [1.29, 1.82) is 0 Å². The number of nitrogens with one attached hydrogen (secondary N) is 2. The topological polar surface area (TPSA) is 82.9 Å². The van der Waals surface area contributed by atoms with E-state index in [0.717, 1.165) is 30.5 Å². The molecule has 0 radical (unpaired) electrons. The van der Waals surface area contributed by atoms with Gasteiger partial charge in [0.05, 0.1) is 5.71 Å². The number of unbranched alkanes of at least 4 members (excludes halogenated alkanes) is 1. The fourth-order valence-electron chi connectivity index (χ4n) is 2.82. The smallest absolute Gasteiger partial charge is 0.238 e. The molecule has 29 heavy (non-hydrogen) atoms. The van der Waals surface area contributed by atoms with E-state index in [4.69, 9.17) is 0 Å². The van der Waals surface area contributed by atoms with Gasteiger partial charge < -0.3 is 10.6 Å². The first kappa shape index (κ1) is 20.8. The highest BCUT2D eigenvalue weighted by molar-refractivity contribution is 8.15. The van der Waals surface area contributed by atoms with Crippen LogP contribution in [0.2, 0.25) is 0 Å². The monoisotopic (exact) mass is 408 g/mol. The molecule has 1 heterocycles. The van der Waals surface area contributed by atoms with E-state index in [9.17, 15) is 9.59 Å². The lowest BCUT2D eigenvalue weighted by Gasteiger charge is -2.21. The Labute approximate surface area is 174 Å².